The van der Waals surface area contributed by atoms with Gasteiger partial charge in [-0.3, -0.25) is 9.59 Å². The number of piperidine rings is 1. The van der Waals surface area contributed by atoms with Gasteiger partial charge in [-0.1, -0.05) is 19.3 Å². The number of hydrogen-bond donors (Lipinski definition) is 2. The first kappa shape index (κ1) is 14.8. The average Bonchev–Trinajstić information content (AvgIpc) is 2.42. The van der Waals surface area contributed by atoms with Crippen LogP contribution in [0.2, 0.25) is 0 Å². The molecule has 2 rings (SSSR count). The Hall–Kier alpha value is -1.59. The fraction of sp³-hybridized carbons (Fsp3) is 0.786. The van der Waals surface area contributed by atoms with Crippen molar-refractivity contribution in [2.24, 2.45) is 5.92 Å². The van der Waals surface area contributed by atoms with Crippen LogP contribution in [0.3, 0.4) is 0 Å². The predicted octanol–water partition coefficient (Wildman–Crippen LogP) is 0.758. The summed E-state index contributed by atoms with van der Waals surface area (Å²) in [5.41, 5.74) is -1.12. The Balaban J connectivity index is 2.02. The minimum atomic E-state index is -1.12. The Morgan fingerprint density at radius 2 is 1.95 bits per heavy atom. The van der Waals surface area contributed by atoms with Crippen molar-refractivity contribution in [1.29, 1.82) is 0 Å². The zero-order valence-corrected chi connectivity index (χ0v) is 11.9. The number of carboxylic acids is 1. The molecule has 2 aliphatic rings. The van der Waals surface area contributed by atoms with E-state index in [1.807, 2.05) is 0 Å². The molecule has 6 heteroatoms. The molecule has 2 amide bonds. The van der Waals surface area contributed by atoms with Gasteiger partial charge in [-0.2, -0.15) is 0 Å². The number of amides is 2. The first-order valence-electron chi connectivity index (χ1n) is 7.24. The molecule has 0 aromatic rings. The molecule has 0 spiro atoms. The molecule has 6 nitrogen and oxygen atoms in total. The Labute approximate surface area is 118 Å². The summed E-state index contributed by atoms with van der Waals surface area (Å²) in [6.07, 6.45) is 4.39. The fourth-order valence-corrected chi connectivity index (χ4v) is 3.05. The first-order chi connectivity index (χ1) is 9.44. The van der Waals surface area contributed by atoms with E-state index in [1.165, 1.54) is 0 Å². The molecule has 20 heavy (non-hydrogen) atoms. The molecule has 0 aromatic heterocycles. The lowest BCUT2D eigenvalue weighted by Gasteiger charge is -2.36. The maximum absolute atomic E-state index is 12.3. The van der Waals surface area contributed by atoms with Crippen molar-refractivity contribution < 1.29 is 19.5 Å². The number of likely N-dealkylation sites (tertiary alicyclic amines) is 1. The van der Waals surface area contributed by atoms with Gasteiger partial charge in [0.25, 0.3) is 0 Å². The molecule has 112 valence electrons. The van der Waals surface area contributed by atoms with Crippen LogP contribution >= 0.6 is 0 Å². The summed E-state index contributed by atoms with van der Waals surface area (Å²) < 4.78 is 0. The van der Waals surface area contributed by atoms with Gasteiger partial charge in [0.15, 0.2) is 0 Å². The second-order valence-corrected chi connectivity index (χ2v) is 5.94. The van der Waals surface area contributed by atoms with Crippen molar-refractivity contribution in [3.8, 4) is 0 Å². The highest BCUT2D eigenvalue weighted by Crippen LogP contribution is 2.29. The average molecular weight is 282 g/mol. The Bertz CT molecular complexity index is 415. The van der Waals surface area contributed by atoms with Gasteiger partial charge in [0.05, 0.1) is 0 Å². The van der Waals surface area contributed by atoms with Crippen LogP contribution in [0, 0.1) is 5.92 Å². The third-order valence-electron chi connectivity index (χ3n) is 4.51. The summed E-state index contributed by atoms with van der Waals surface area (Å²) in [5, 5.41) is 12.2. The summed E-state index contributed by atoms with van der Waals surface area (Å²) in [6, 6.07) is 0. The highest BCUT2D eigenvalue weighted by atomic mass is 16.4. The normalized spacial score (nSPS) is 26.1. The van der Waals surface area contributed by atoms with Crippen molar-refractivity contribution in [2.45, 2.75) is 50.5 Å². The van der Waals surface area contributed by atoms with E-state index in [9.17, 15) is 19.5 Å². The molecule has 1 atom stereocenters. The zero-order chi connectivity index (χ0) is 14.8. The Morgan fingerprint density at radius 1 is 1.30 bits per heavy atom. The van der Waals surface area contributed by atoms with Gasteiger partial charge in [0, 0.05) is 25.9 Å². The molecule has 1 aliphatic heterocycles. The van der Waals surface area contributed by atoms with E-state index in [-0.39, 0.29) is 18.2 Å². The molecule has 0 radical (unpaired) electrons. The number of aliphatic carboxylic acids is 1. The topological polar surface area (TPSA) is 86.7 Å². The van der Waals surface area contributed by atoms with Crippen LogP contribution in [0.25, 0.3) is 0 Å². The molecule has 0 unspecified atom stereocenters. The minimum Gasteiger partial charge on any atom is -0.480 e. The van der Waals surface area contributed by atoms with Gasteiger partial charge < -0.3 is 15.3 Å². The maximum atomic E-state index is 12.3. The van der Waals surface area contributed by atoms with Crippen LogP contribution in [0.15, 0.2) is 0 Å². The first-order valence-corrected chi connectivity index (χ1v) is 7.24. The number of carboxylic acid groups (broad SMARTS) is 1. The third-order valence-corrected chi connectivity index (χ3v) is 4.51. The van der Waals surface area contributed by atoms with Crippen LogP contribution in [-0.4, -0.2) is 46.9 Å². The molecule has 0 aromatic carbocycles. The standard InChI is InChI=1S/C14H22N2O4/c1-16-8-5-10(9-11(16)17)12(18)15-14(13(19)20)6-3-2-4-7-14/h10H,2-9H2,1H3,(H,15,18)(H,19,20)/t10-/m1/s1. The van der Waals surface area contributed by atoms with Crippen molar-refractivity contribution in [1.82, 2.24) is 10.2 Å². The zero-order valence-electron chi connectivity index (χ0n) is 11.9. The van der Waals surface area contributed by atoms with E-state index in [0.29, 0.717) is 25.8 Å². The molecule has 0 bridgehead atoms. The maximum Gasteiger partial charge on any atom is 0.329 e. The second kappa shape index (κ2) is 5.81. The molecule has 1 saturated carbocycles. The summed E-state index contributed by atoms with van der Waals surface area (Å²) in [5.74, 6) is -1.68. The number of carbonyl (C=O) groups is 3. The smallest absolute Gasteiger partial charge is 0.329 e. The number of nitrogens with one attached hydrogen (secondary N) is 1. The number of hydrogen-bond acceptors (Lipinski definition) is 3. The quantitative estimate of drug-likeness (QED) is 0.800. The summed E-state index contributed by atoms with van der Waals surface area (Å²) in [7, 11) is 1.72. The van der Waals surface area contributed by atoms with E-state index in [2.05, 4.69) is 5.32 Å². The van der Waals surface area contributed by atoms with Crippen molar-refractivity contribution in [3.63, 3.8) is 0 Å². The number of rotatable bonds is 3. The van der Waals surface area contributed by atoms with Gasteiger partial charge in [-0.25, -0.2) is 4.79 Å². The number of carbonyl (C=O) groups excluding carboxylic acids is 2. The van der Waals surface area contributed by atoms with E-state index in [1.54, 1.807) is 11.9 Å². The highest BCUT2D eigenvalue weighted by molar-refractivity contribution is 5.91. The van der Waals surface area contributed by atoms with E-state index < -0.39 is 17.4 Å². The highest BCUT2D eigenvalue weighted by Gasteiger charge is 2.42. The SMILES string of the molecule is CN1CC[C@@H](C(=O)NC2(C(=O)O)CCCCC2)CC1=O. The summed E-state index contributed by atoms with van der Waals surface area (Å²) in [4.78, 5) is 37.1. The Morgan fingerprint density at radius 3 is 2.50 bits per heavy atom. The van der Waals surface area contributed by atoms with E-state index >= 15 is 0 Å². The van der Waals surface area contributed by atoms with Gasteiger partial charge in [0.1, 0.15) is 5.54 Å². The number of nitrogens with zero attached hydrogens (tertiary/aromatic N) is 1. The Kier molecular flexibility index (Phi) is 4.30. The monoisotopic (exact) mass is 282 g/mol. The lowest BCUT2D eigenvalue weighted by atomic mass is 9.81. The van der Waals surface area contributed by atoms with E-state index in [0.717, 1.165) is 19.3 Å². The molecule has 1 heterocycles. The van der Waals surface area contributed by atoms with Gasteiger partial charge in [-0.15, -0.1) is 0 Å². The van der Waals surface area contributed by atoms with Crippen LogP contribution in [0.5, 0.6) is 0 Å². The fourth-order valence-electron chi connectivity index (χ4n) is 3.05. The lowest BCUT2D eigenvalue weighted by Crippen LogP contribution is -2.57. The second-order valence-electron chi connectivity index (χ2n) is 5.94. The lowest BCUT2D eigenvalue weighted by molar-refractivity contribution is -0.150. The third kappa shape index (κ3) is 2.94. The predicted molar refractivity (Wildman–Crippen MR) is 72.0 cm³/mol. The summed E-state index contributed by atoms with van der Waals surface area (Å²) >= 11 is 0. The molecular formula is C14H22N2O4. The molecule has 1 saturated heterocycles. The molecule has 2 fully saturated rings. The van der Waals surface area contributed by atoms with Crippen LogP contribution in [0.1, 0.15) is 44.9 Å². The van der Waals surface area contributed by atoms with E-state index in [4.69, 9.17) is 0 Å². The van der Waals surface area contributed by atoms with Crippen molar-refractivity contribution in [2.75, 3.05) is 13.6 Å². The molecule has 2 N–H and O–H groups in total. The van der Waals surface area contributed by atoms with Gasteiger partial charge in [-0.05, 0) is 19.3 Å². The minimum absolute atomic E-state index is 0.0515. The van der Waals surface area contributed by atoms with Crippen molar-refractivity contribution in [3.05, 3.63) is 0 Å². The molecular weight excluding hydrogens is 260 g/mol. The summed E-state index contributed by atoms with van der Waals surface area (Å²) in [6.45, 7) is 0.553. The van der Waals surface area contributed by atoms with Gasteiger partial charge >= 0.3 is 5.97 Å². The largest absolute Gasteiger partial charge is 0.480 e. The van der Waals surface area contributed by atoms with Crippen LogP contribution in [0.4, 0.5) is 0 Å². The van der Waals surface area contributed by atoms with Gasteiger partial charge in [0.2, 0.25) is 11.8 Å². The van der Waals surface area contributed by atoms with Crippen LogP contribution < -0.4 is 5.32 Å². The molecule has 1 aliphatic carbocycles. The van der Waals surface area contributed by atoms with Crippen molar-refractivity contribution >= 4 is 17.8 Å². The van der Waals surface area contributed by atoms with Crippen LogP contribution in [-0.2, 0) is 14.4 Å².